The van der Waals surface area contributed by atoms with E-state index in [2.05, 4.69) is 82.2 Å². The first-order chi connectivity index (χ1) is 16.8. The average molecular weight is 517 g/mol. The lowest BCUT2D eigenvalue weighted by Crippen LogP contribution is -2.30. The van der Waals surface area contributed by atoms with E-state index in [9.17, 15) is 14.7 Å². The molecule has 37 heavy (non-hydrogen) atoms. The van der Waals surface area contributed by atoms with Gasteiger partial charge in [0.25, 0.3) is 0 Å². The quantitative estimate of drug-likeness (QED) is 0.152. The Kier molecular flexibility index (Phi) is 11.9. The first-order valence-electron chi connectivity index (χ1n) is 14.4. The maximum absolute atomic E-state index is 12.9. The Bertz CT molecular complexity index is 894. The maximum atomic E-state index is 12.9. The molecule has 0 amide bonds. The third kappa shape index (κ3) is 11.6. The van der Waals surface area contributed by atoms with E-state index in [4.69, 9.17) is 4.74 Å². The number of unbranched alkanes of at least 4 members (excludes halogenated alkanes) is 6. The number of carbonyl (C=O) groups is 2. The summed E-state index contributed by atoms with van der Waals surface area (Å²) in [5.41, 5.74) is 1.35. The summed E-state index contributed by atoms with van der Waals surface area (Å²) in [5.74, 6) is -1.17. The van der Waals surface area contributed by atoms with Crippen LogP contribution in [0.4, 0.5) is 0 Å². The van der Waals surface area contributed by atoms with Crippen molar-refractivity contribution in [3.05, 3.63) is 28.8 Å². The molecule has 4 heteroatoms. The number of hydrogen-bond donors (Lipinski definition) is 1. The van der Waals surface area contributed by atoms with Crippen molar-refractivity contribution in [1.82, 2.24) is 0 Å². The molecule has 0 aromatic heterocycles. The van der Waals surface area contributed by atoms with E-state index in [0.717, 1.165) is 43.2 Å². The number of ether oxygens (including phenoxy) is 1. The van der Waals surface area contributed by atoms with Crippen LogP contribution >= 0.6 is 0 Å². The maximum Gasteiger partial charge on any atom is 0.339 e. The van der Waals surface area contributed by atoms with Gasteiger partial charge in [0.05, 0.1) is 0 Å². The van der Waals surface area contributed by atoms with E-state index < -0.39 is 5.97 Å². The summed E-state index contributed by atoms with van der Waals surface area (Å²) < 4.78 is 5.93. The summed E-state index contributed by atoms with van der Waals surface area (Å²) in [7, 11) is 0. The zero-order valence-corrected chi connectivity index (χ0v) is 25.9. The number of carboxylic acids is 1. The van der Waals surface area contributed by atoms with E-state index in [1.54, 1.807) is 6.07 Å². The second-order valence-corrected chi connectivity index (χ2v) is 14.8. The zero-order chi connectivity index (χ0) is 28.7. The summed E-state index contributed by atoms with van der Waals surface area (Å²) >= 11 is 0. The molecule has 0 saturated carbocycles. The molecule has 0 radical (unpaired) electrons. The highest BCUT2D eigenvalue weighted by atomic mass is 16.5. The SMILES string of the molecule is CCCCCCCCCC(=O)Oc1c(C(=O)O)cc(C(C)(C)CC(C)(C)C)cc1C(C)(C)CC(C)(C)C. The van der Waals surface area contributed by atoms with Crippen LogP contribution in [0.25, 0.3) is 0 Å². The van der Waals surface area contributed by atoms with Crippen molar-refractivity contribution in [3.63, 3.8) is 0 Å². The van der Waals surface area contributed by atoms with Crippen LogP contribution in [-0.4, -0.2) is 17.0 Å². The molecule has 0 fully saturated rings. The minimum atomic E-state index is -1.06. The lowest BCUT2D eigenvalue weighted by molar-refractivity contribution is -0.134. The fraction of sp³-hybridized carbons (Fsp3) is 0.758. The van der Waals surface area contributed by atoms with E-state index in [-0.39, 0.29) is 38.9 Å². The van der Waals surface area contributed by atoms with E-state index >= 15 is 0 Å². The smallest absolute Gasteiger partial charge is 0.339 e. The molecule has 0 bridgehead atoms. The number of aromatic carboxylic acids is 1. The monoisotopic (exact) mass is 516 g/mol. The largest absolute Gasteiger partial charge is 0.478 e. The molecule has 4 nitrogen and oxygen atoms in total. The van der Waals surface area contributed by atoms with Gasteiger partial charge in [0.1, 0.15) is 11.3 Å². The first kappa shape index (κ1) is 33.2. The fourth-order valence-corrected chi connectivity index (χ4v) is 6.03. The minimum Gasteiger partial charge on any atom is -0.478 e. The average Bonchev–Trinajstić information content (AvgIpc) is 2.69. The van der Waals surface area contributed by atoms with Crippen LogP contribution in [0.2, 0.25) is 0 Å². The van der Waals surface area contributed by atoms with Gasteiger partial charge in [0.15, 0.2) is 0 Å². The van der Waals surface area contributed by atoms with Crippen molar-refractivity contribution in [1.29, 1.82) is 0 Å². The summed E-state index contributed by atoms with van der Waals surface area (Å²) in [4.78, 5) is 25.5. The second-order valence-electron chi connectivity index (χ2n) is 14.8. The highest BCUT2D eigenvalue weighted by molar-refractivity contribution is 5.93. The van der Waals surface area contributed by atoms with Gasteiger partial charge in [-0.1, -0.05) is 121 Å². The predicted molar refractivity (Wildman–Crippen MR) is 156 cm³/mol. The molecule has 212 valence electrons. The Morgan fingerprint density at radius 1 is 0.730 bits per heavy atom. The summed E-state index contributed by atoms with van der Waals surface area (Å²) in [6.45, 7) is 24.0. The normalized spacial score (nSPS) is 13.1. The second kappa shape index (κ2) is 13.3. The van der Waals surface area contributed by atoms with Crippen LogP contribution < -0.4 is 4.74 Å². The van der Waals surface area contributed by atoms with Gasteiger partial charge in [0.2, 0.25) is 0 Å². The Balaban J connectivity index is 3.42. The highest BCUT2D eigenvalue weighted by Crippen LogP contribution is 2.45. The molecule has 1 rings (SSSR count). The topological polar surface area (TPSA) is 63.6 Å². The molecule has 0 atom stereocenters. The van der Waals surface area contributed by atoms with E-state index in [0.29, 0.717) is 6.42 Å². The standard InChI is InChI=1S/C33H56O4/c1-12-13-14-15-16-17-18-19-27(34)37-28-25(29(35)36)20-24(32(8,9)22-30(2,3)4)21-26(28)33(10,11)23-31(5,6)7/h20-21H,12-19,22-23H2,1-11H3,(H,35,36). The molecule has 1 aromatic carbocycles. The van der Waals surface area contributed by atoms with Gasteiger partial charge in [-0.15, -0.1) is 0 Å². The van der Waals surface area contributed by atoms with Gasteiger partial charge >= 0.3 is 11.9 Å². The predicted octanol–water partition coefficient (Wildman–Crippen LogP) is 9.86. The molecular weight excluding hydrogens is 460 g/mol. The summed E-state index contributed by atoms with van der Waals surface area (Å²) in [5, 5.41) is 10.2. The summed E-state index contributed by atoms with van der Waals surface area (Å²) in [6, 6.07) is 3.85. The Hall–Kier alpha value is -1.84. The van der Waals surface area contributed by atoms with E-state index in [1.807, 2.05) is 0 Å². The zero-order valence-electron chi connectivity index (χ0n) is 25.9. The molecule has 0 heterocycles. The molecule has 1 aromatic rings. The van der Waals surface area contributed by atoms with Gasteiger partial charge in [-0.25, -0.2) is 4.79 Å². The van der Waals surface area contributed by atoms with E-state index in [1.165, 1.54) is 25.7 Å². The molecular formula is C33H56O4. The molecule has 1 N–H and O–H groups in total. The van der Waals surface area contributed by atoms with Crippen molar-refractivity contribution in [2.45, 2.75) is 151 Å². The Morgan fingerprint density at radius 3 is 1.70 bits per heavy atom. The minimum absolute atomic E-state index is 0.0167. The highest BCUT2D eigenvalue weighted by Gasteiger charge is 2.36. The number of rotatable bonds is 14. The number of carboxylic acid groups (broad SMARTS) is 1. The van der Waals surface area contributed by atoms with Crippen LogP contribution in [0, 0.1) is 10.8 Å². The molecule has 0 aliphatic carbocycles. The third-order valence-electron chi connectivity index (χ3n) is 6.97. The van der Waals surface area contributed by atoms with Crippen molar-refractivity contribution in [2.24, 2.45) is 10.8 Å². The Morgan fingerprint density at radius 2 is 1.22 bits per heavy atom. The van der Waals surface area contributed by atoms with Crippen LogP contribution in [-0.2, 0) is 15.6 Å². The van der Waals surface area contributed by atoms with Gasteiger partial charge < -0.3 is 9.84 Å². The molecule has 0 aliphatic rings. The van der Waals surface area contributed by atoms with Crippen LogP contribution in [0.3, 0.4) is 0 Å². The molecule has 0 aliphatic heterocycles. The molecule has 0 unspecified atom stereocenters. The van der Waals surface area contributed by atoms with Gasteiger partial charge in [-0.2, -0.15) is 0 Å². The number of esters is 1. The van der Waals surface area contributed by atoms with Gasteiger partial charge in [-0.3, -0.25) is 4.79 Å². The van der Waals surface area contributed by atoms with Gasteiger partial charge in [-0.05, 0) is 52.6 Å². The van der Waals surface area contributed by atoms with Crippen molar-refractivity contribution in [2.75, 3.05) is 0 Å². The molecule has 0 saturated heterocycles. The van der Waals surface area contributed by atoms with Crippen LogP contribution in [0.5, 0.6) is 5.75 Å². The van der Waals surface area contributed by atoms with Crippen LogP contribution in [0.15, 0.2) is 12.1 Å². The third-order valence-corrected chi connectivity index (χ3v) is 6.97. The Labute approximate surface area is 228 Å². The fourth-order valence-electron chi connectivity index (χ4n) is 6.03. The van der Waals surface area contributed by atoms with Crippen molar-refractivity contribution in [3.8, 4) is 5.75 Å². The molecule has 0 spiro atoms. The first-order valence-corrected chi connectivity index (χ1v) is 14.4. The van der Waals surface area contributed by atoms with Gasteiger partial charge in [0, 0.05) is 12.0 Å². The number of hydrogen-bond acceptors (Lipinski definition) is 3. The van der Waals surface area contributed by atoms with Crippen molar-refractivity contribution < 1.29 is 19.4 Å². The number of carbonyl (C=O) groups excluding carboxylic acids is 1. The lowest BCUT2D eigenvalue weighted by atomic mass is 9.68. The van der Waals surface area contributed by atoms with Crippen molar-refractivity contribution >= 4 is 11.9 Å². The number of benzene rings is 1. The lowest BCUT2D eigenvalue weighted by Gasteiger charge is -2.37. The summed E-state index contributed by atoms with van der Waals surface area (Å²) in [6.07, 6.45) is 9.83. The van der Waals surface area contributed by atoms with Crippen LogP contribution in [0.1, 0.15) is 162 Å².